The summed E-state index contributed by atoms with van der Waals surface area (Å²) in [5.74, 6) is 0.429. The monoisotopic (exact) mass is 471 g/mol. The Morgan fingerprint density at radius 3 is 2.29 bits per heavy atom. The van der Waals surface area contributed by atoms with Gasteiger partial charge in [0.15, 0.2) is 0 Å². The minimum absolute atomic E-state index is 0.153. The van der Waals surface area contributed by atoms with Gasteiger partial charge in [-0.15, -0.1) is 0 Å². The van der Waals surface area contributed by atoms with E-state index in [-0.39, 0.29) is 12.1 Å². The second kappa shape index (κ2) is 11.5. The third kappa shape index (κ3) is 6.09. The van der Waals surface area contributed by atoms with Crippen LogP contribution in [0.5, 0.6) is 0 Å². The molecule has 1 saturated heterocycles. The van der Waals surface area contributed by atoms with Gasteiger partial charge in [-0.05, 0) is 67.6 Å². The number of carbonyl (C=O) groups is 1. The molecular weight excluding hydrogens is 434 g/mol. The second-order valence-electron chi connectivity index (χ2n) is 9.53. The molecule has 4 rings (SSSR count). The van der Waals surface area contributed by atoms with E-state index in [2.05, 4.69) is 77.2 Å². The van der Waals surface area contributed by atoms with E-state index >= 15 is 0 Å². The molecular formula is C30H37N3O2. The molecule has 0 saturated carbocycles. The molecule has 184 valence electrons. The summed E-state index contributed by atoms with van der Waals surface area (Å²) in [6.45, 7) is 11.8. The predicted molar refractivity (Wildman–Crippen MR) is 143 cm³/mol. The number of aryl methyl sites for hydroxylation is 1. The largest absolute Gasteiger partial charge is 0.459 e. The van der Waals surface area contributed by atoms with E-state index in [0.29, 0.717) is 11.6 Å². The van der Waals surface area contributed by atoms with Gasteiger partial charge in [-0.2, -0.15) is 0 Å². The van der Waals surface area contributed by atoms with Crippen LogP contribution in [0.4, 0.5) is 5.82 Å². The fraction of sp³-hybridized carbons (Fsp3) is 0.400. The summed E-state index contributed by atoms with van der Waals surface area (Å²) in [5, 5.41) is 0. The third-order valence-electron chi connectivity index (χ3n) is 6.77. The molecule has 1 aromatic heterocycles. The summed E-state index contributed by atoms with van der Waals surface area (Å²) in [5.41, 5.74) is 5.74. The number of pyridine rings is 1. The molecule has 2 aromatic carbocycles. The van der Waals surface area contributed by atoms with E-state index in [4.69, 9.17) is 4.74 Å². The highest BCUT2D eigenvalue weighted by Gasteiger charge is 2.30. The standard InChI is InChI=1S/C30H37N3O2/c1-5-23-9-13-25(14-10-23)26-15-11-24(12-16-26)20-32(6-2)27-17-19-33(21-27)29-28(8-7-18-31-29)30(34)35-22(3)4/h7-16,18,22,27H,5-6,17,19-21H2,1-4H3/t27-/m1/s1. The number of anilines is 1. The molecule has 0 radical (unpaired) electrons. The lowest BCUT2D eigenvalue weighted by atomic mass is 10.0. The van der Waals surface area contributed by atoms with E-state index in [1.54, 1.807) is 12.3 Å². The normalized spacial score (nSPS) is 15.7. The molecule has 0 bridgehead atoms. The minimum atomic E-state index is -0.302. The van der Waals surface area contributed by atoms with Crippen molar-refractivity contribution in [2.45, 2.75) is 59.2 Å². The number of carbonyl (C=O) groups excluding carboxylic acids is 1. The van der Waals surface area contributed by atoms with Crippen LogP contribution in [-0.4, -0.2) is 47.6 Å². The van der Waals surface area contributed by atoms with Crippen molar-refractivity contribution in [3.8, 4) is 11.1 Å². The fourth-order valence-corrected chi connectivity index (χ4v) is 4.79. The minimum Gasteiger partial charge on any atom is -0.459 e. The van der Waals surface area contributed by atoms with Gasteiger partial charge in [0.1, 0.15) is 11.4 Å². The SMILES string of the molecule is CCc1ccc(-c2ccc(CN(CC)[C@@H]3CCN(c4ncccc4C(=O)OC(C)C)C3)cc2)cc1. The van der Waals surface area contributed by atoms with Gasteiger partial charge in [0, 0.05) is 31.9 Å². The number of benzene rings is 2. The first-order chi connectivity index (χ1) is 17.0. The van der Waals surface area contributed by atoms with Gasteiger partial charge >= 0.3 is 5.97 Å². The van der Waals surface area contributed by atoms with Crippen LogP contribution in [0.25, 0.3) is 11.1 Å². The molecule has 1 fully saturated rings. The number of aromatic nitrogens is 1. The first kappa shape index (κ1) is 24.9. The smallest absolute Gasteiger partial charge is 0.342 e. The maximum Gasteiger partial charge on any atom is 0.342 e. The third-order valence-corrected chi connectivity index (χ3v) is 6.77. The summed E-state index contributed by atoms with van der Waals surface area (Å²) >= 11 is 0. The van der Waals surface area contributed by atoms with Crippen molar-refractivity contribution in [1.29, 1.82) is 0 Å². The first-order valence-corrected chi connectivity index (χ1v) is 12.8. The molecule has 0 N–H and O–H groups in total. The summed E-state index contributed by atoms with van der Waals surface area (Å²) in [6, 6.07) is 21.8. The van der Waals surface area contributed by atoms with Crippen LogP contribution in [0.1, 0.15) is 55.6 Å². The molecule has 0 spiro atoms. The zero-order valence-corrected chi connectivity index (χ0v) is 21.4. The first-order valence-electron chi connectivity index (χ1n) is 12.8. The van der Waals surface area contributed by atoms with E-state index in [0.717, 1.165) is 44.8 Å². The van der Waals surface area contributed by atoms with Crippen LogP contribution in [-0.2, 0) is 17.7 Å². The molecule has 2 heterocycles. The highest BCUT2D eigenvalue weighted by molar-refractivity contribution is 5.95. The van der Waals surface area contributed by atoms with Crippen LogP contribution in [0.3, 0.4) is 0 Å². The van der Waals surface area contributed by atoms with E-state index < -0.39 is 0 Å². The lowest BCUT2D eigenvalue weighted by molar-refractivity contribution is 0.0378. The average molecular weight is 472 g/mol. The molecule has 1 aliphatic rings. The molecule has 35 heavy (non-hydrogen) atoms. The van der Waals surface area contributed by atoms with Gasteiger partial charge in [0.25, 0.3) is 0 Å². The van der Waals surface area contributed by atoms with Crippen molar-refractivity contribution in [2.75, 3.05) is 24.5 Å². The second-order valence-corrected chi connectivity index (χ2v) is 9.53. The molecule has 0 unspecified atom stereocenters. The van der Waals surface area contributed by atoms with Crippen LogP contribution in [0, 0.1) is 0 Å². The Morgan fingerprint density at radius 1 is 1.03 bits per heavy atom. The van der Waals surface area contributed by atoms with Crippen molar-refractivity contribution >= 4 is 11.8 Å². The Hall–Kier alpha value is -3.18. The van der Waals surface area contributed by atoms with Crippen LogP contribution < -0.4 is 4.90 Å². The number of esters is 1. The van der Waals surface area contributed by atoms with Gasteiger partial charge in [0.2, 0.25) is 0 Å². The highest BCUT2D eigenvalue weighted by Crippen LogP contribution is 2.27. The summed E-state index contributed by atoms with van der Waals surface area (Å²) in [6.07, 6.45) is 3.71. The molecule has 3 aromatic rings. The average Bonchev–Trinajstić information content (AvgIpc) is 3.37. The maximum absolute atomic E-state index is 12.6. The Kier molecular flexibility index (Phi) is 8.19. The molecule has 0 aliphatic carbocycles. The van der Waals surface area contributed by atoms with Crippen LogP contribution >= 0.6 is 0 Å². The van der Waals surface area contributed by atoms with E-state index in [1.807, 2.05) is 19.9 Å². The van der Waals surface area contributed by atoms with E-state index in [1.165, 1.54) is 22.3 Å². The summed E-state index contributed by atoms with van der Waals surface area (Å²) in [7, 11) is 0. The maximum atomic E-state index is 12.6. The molecule has 0 amide bonds. The number of hydrogen-bond donors (Lipinski definition) is 0. The number of likely N-dealkylation sites (N-methyl/N-ethyl adjacent to an activating group) is 1. The molecule has 1 aliphatic heterocycles. The zero-order valence-electron chi connectivity index (χ0n) is 21.4. The topological polar surface area (TPSA) is 45.7 Å². The molecule has 1 atom stereocenters. The van der Waals surface area contributed by atoms with Crippen molar-refractivity contribution in [3.63, 3.8) is 0 Å². The summed E-state index contributed by atoms with van der Waals surface area (Å²) < 4.78 is 5.45. The molecule has 5 nitrogen and oxygen atoms in total. The van der Waals surface area contributed by atoms with E-state index in [9.17, 15) is 4.79 Å². The summed E-state index contributed by atoms with van der Waals surface area (Å²) in [4.78, 5) is 21.9. The number of ether oxygens (including phenoxy) is 1. The van der Waals surface area contributed by atoms with Crippen molar-refractivity contribution < 1.29 is 9.53 Å². The number of hydrogen-bond acceptors (Lipinski definition) is 5. The lowest BCUT2D eigenvalue weighted by Gasteiger charge is -2.28. The lowest BCUT2D eigenvalue weighted by Crippen LogP contribution is -2.37. The number of rotatable bonds is 9. The van der Waals surface area contributed by atoms with Crippen LogP contribution in [0.2, 0.25) is 0 Å². The van der Waals surface area contributed by atoms with Crippen LogP contribution in [0.15, 0.2) is 66.9 Å². The van der Waals surface area contributed by atoms with Gasteiger partial charge < -0.3 is 9.64 Å². The number of nitrogens with zero attached hydrogens (tertiary/aromatic N) is 3. The van der Waals surface area contributed by atoms with Gasteiger partial charge in [0.05, 0.1) is 6.10 Å². The highest BCUT2D eigenvalue weighted by atomic mass is 16.5. The Balaban J connectivity index is 1.41. The Bertz CT molecular complexity index is 1110. The van der Waals surface area contributed by atoms with Crippen molar-refractivity contribution in [1.82, 2.24) is 9.88 Å². The Labute approximate surface area is 209 Å². The van der Waals surface area contributed by atoms with Gasteiger partial charge in [-0.1, -0.05) is 62.4 Å². The molecule has 5 heteroatoms. The zero-order chi connectivity index (χ0) is 24.8. The Morgan fingerprint density at radius 2 is 1.69 bits per heavy atom. The quantitative estimate of drug-likeness (QED) is 0.360. The van der Waals surface area contributed by atoms with Gasteiger partial charge in [-0.3, -0.25) is 4.90 Å². The van der Waals surface area contributed by atoms with Gasteiger partial charge in [-0.25, -0.2) is 9.78 Å². The van der Waals surface area contributed by atoms with Crippen molar-refractivity contribution in [3.05, 3.63) is 83.6 Å². The van der Waals surface area contributed by atoms with Crippen molar-refractivity contribution in [2.24, 2.45) is 0 Å². The predicted octanol–water partition coefficient (Wildman–Crippen LogP) is 5.98. The fourth-order valence-electron chi connectivity index (χ4n) is 4.79.